The molecule has 0 radical (unpaired) electrons. The van der Waals surface area contributed by atoms with E-state index in [0.29, 0.717) is 23.1 Å². The zero-order chi connectivity index (χ0) is 20.1. The molecule has 0 fully saturated rings. The van der Waals surface area contributed by atoms with E-state index < -0.39 is 12.1 Å². The van der Waals surface area contributed by atoms with Gasteiger partial charge < -0.3 is 24.3 Å². The number of amides is 1. The molecule has 0 aliphatic rings. The van der Waals surface area contributed by atoms with Crippen LogP contribution >= 0.6 is 0 Å². The molecule has 1 aromatic heterocycles. The van der Waals surface area contributed by atoms with E-state index in [1.807, 2.05) is 12.1 Å². The number of methoxy groups -OCH3 is 1. The number of esters is 1. The lowest BCUT2D eigenvalue weighted by molar-refractivity contribution is -0.154. The Morgan fingerprint density at radius 2 is 1.93 bits per heavy atom. The molecule has 146 valence electrons. The van der Waals surface area contributed by atoms with Gasteiger partial charge in [-0.05, 0) is 36.8 Å². The van der Waals surface area contributed by atoms with Crippen LogP contribution in [0.4, 0.5) is 0 Å². The van der Waals surface area contributed by atoms with Gasteiger partial charge in [0, 0.05) is 23.6 Å². The lowest BCUT2D eigenvalue weighted by Crippen LogP contribution is -2.35. The first-order chi connectivity index (χ1) is 13.5. The first-order valence-corrected chi connectivity index (χ1v) is 8.75. The van der Waals surface area contributed by atoms with Crippen molar-refractivity contribution < 1.29 is 28.6 Å². The van der Waals surface area contributed by atoms with Gasteiger partial charge >= 0.3 is 5.97 Å². The summed E-state index contributed by atoms with van der Waals surface area (Å²) in [7, 11) is 1.59. The van der Waals surface area contributed by atoms with Gasteiger partial charge in [0.05, 0.1) is 19.8 Å². The number of aromatic hydroxyl groups is 1. The first-order valence-electron chi connectivity index (χ1n) is 8.75. The van der Waals surface area contributed by atoms with E-state index in [9.17, 15) is 14.7 Å². The highest BCUT2D eigenvalue weighted by atomic mass is 16.5. The van der Waals surface area contributed by atoms with Gasteiger partial charge in [-0.15, -0.1) is 0 Å². The SMILES string of the molecule is COc1ccc(CNC(=O)[C@@H](C)OC(=O)Cc2coc3cc(O)ccc23)cc1. The molecule has 3 rings (SSSR count). The summed E-state index contributed by atoms with van der Waals surface area (Å²) in [4.78, 5) is 24.3. The molecule has 0 aliphatic heterocycles. The van der Waals surface area contributed by atoms with E-state index in [0.717, 1.165) is 11.3 Å². The van der Waals surface area contributed by atoms with Crippen LogP contribution in [0.1, 0.15) is 18.1 Å². The summed E-state index contributed by atoms with van der Waals surface area (Å²) in [5.74, 6) is -0.105. The number of fused-ring (bicyclic) bond motifs is 1. The average molecular weight is 383 g/mol. The molecule has 0 bridgehead atoms. The Labute approximate surface area is 161 Å². The topological polar surface area (TPSA) is 98.0 Å². The van der Waals surface area contributed by atoms with E-state index >= 15 is 0 Å². The van der Waals surface area contributed by atoms with Gasteiger partial charge in [-0.3, -0.25) is 9.59 Å². The number of carbonyl (C=O) groups excluding carboxylic acids is 2. The highest BCUT2D eigenvalue weighted by Crippen LogP contribution is 2.25. The summed E-state index contributed by atoms with van der Waals surface area (Å²) in [6.07, 6.45) is 0.487. The van der Waals surface area contributed by atoms with Gasteiger partial charge in [0.25, 0.3) is 5.91 Å². The molecule has 7 heteroatoms. The Balaban J connectivity index is 1.51. The largest absolute Gasteiger partial charge is 0.508 e. The molecule has 0 aliphatic carbocycles. The molecule has 2 N–H and O–H groups in total. The van der Waals surface area contributed by atoms with Crippen LogP contribution in [0, 0.1) is 0 Å². The number of benzene rings is 2. The number of ether oxygens (including phenoxy) is 2. The molecule has 0 saturated heterocycles. The number of phenolic OH excluding ortho intramolecular Hbond substituents is 1. The molecule has 0 saturated carbocycles. The molecular weight excluding hydrogens is 362 g/mol. The van der Waals surface area contributed by atoms with Crippen molar-refractivity contribution in [1.29, 1.82) is 0 Å². The summed E-state index contributed by atoms with van der Waals surface area (Å²) in [5, 5.41) is 12.9. The third-order valence-corrected chi connectivity index (χ3v) is 4.28. The summed E-state index contributed by atoms with van der Waals surface area (Å²) >= 11 is 0. The molecule has 0 unspecified atom stereocenters. The van der Waals surface area contributed by atoms with Crippen molar-refractivity contribution in [3.63, 3.8) is 0 Å². The molecule has 28 heavy (non-hydrogen) atoms. The van der Waals surface area contributed by atoms with Crippen molar-refractivity contribution in [2.24, 2.45) is 0 Å². The Kier molecular flexibility index (Phi) is 5.84. The molecule has 1 heterocycles. The number of rotatable bonds is 7. The maximum absolute atomic E-state index is 12.2. The van der Waals surface area contributed by atoms with Gasteiger partial charge in [0.15, 0.2) is 6.10 Å². The molecule has 1 atom stereocenters. The van der Waals surface area contributed by atoms with E-state index in [4.69, 9.17) is 13.9 Å². The standard InChI is InChI=1S/C21H21NO6/c1-13(21(25)22-11-14-3-6-17(26-2)7-4-14)28-20(24)9-15-12-27-19-10-16(23)5-8-18(15)19/h3-8,10,12-13,23H,9,11H2,1-2H3,(H,22,25)/t13-/m1/s1. The fraction of sp³-hybridized carbons (Fsp3) is 0.238. The second-order valence-corrected chi connectivity index (χ2v) is 6.32. The van der Waals surface area contributed by atoms with Crippen LogP contribution in [-0.4, -0.2) is 30.2 Å². The molecule has 3 aromatic rings. The zero-order valence-electron chi connectivity index (χ0n) is 15.6. The smallest absolute Gasteiger partial charge is 0.311 e. The third kappa shape index (κ3) is 4.62. The van der Waals surface area contributed by atoms with Gasteiger partial charge in [-0.1, -0.05) is 12.1 Å². The van der Waals surface area contributed by atoms with Gasteiger partial charge in [-0.2, -0.15) is 0 Å². The number of phenols is 1. The summed E-state index contributed by atoms with van der Waals surface area (Å²) in [5.41, 5.74) is 2.01. The Morgan fingerprint density at radius 3 is 2.64 bits per heavy atom. The fourth-order valence-electron chi connectivity index (χ4n) is 2.73. The number of hydrogen-bond donors (Lipinski definition) is 2. The van der Waals surface area contributed by atoms with Crippen molar-refractivity contribution in [1.82, 2.24) is 5.32 Å². The first kappa shape index (κ1) is 19.3. The molecule has 1 amide bonds. The van der Waals surface area contributed by atoms with Crippen molar-refractivity contribution in [2.75, 3.05) is 7.11 Å². The highest BCUT2D eigenvalue weighted by Gasteiger charge is 2.19. The van der Waals surface area contributed by atoms with Gasteiger partial charge in [0.1, 0.15) is 17.1 Å². The lowest BCUT2D eigenvalue weighted by atomic mass is 10.1. The van der Waals surface area contributed by atoms with Crippen LogP contribution in [0.3, 0.4) is 0 Å². The van der Waals surface area contributed by atoms with E-state index in [1.54, 1.807) is 25.3 Å². The van der Waals surface area contributed by atoms with Crippen LogP contribution in [0.15, 0.2) is 53.1 Å². The van der Waals surface area contributed by atoms with Crippen molar-refractivity contribution >= 4 is 22.8 Å². The molecular formula is C21H21NO6. The average Bonchev–Trinajstić information content (AvgIpc) is 3.07. The molecule has 7 nitrogen and oxygen atoms in total. The third-order valence-electron chi connectivity index (χ3n) is 4.28. The van der Waals surface area contributed by atoms with Crippen LogP contribution in [0.25, 0.3) is 11.0 Å². The predicted octanol–water partition coefficient (Wildman–Crippen LogP) is 2.94. The number of hydrogen-bond acceptors (Lipinski definition) is 6. The number of nitrogens with one attached hydrogen (secondary N) is 1. The fourth-order valence-corrected chi connectivity index (χ4v) is 2.73. The lowest BCUT2D eigenvalue weighted by Gasteiger charge is -2.13. The second kappa shape index (κ2) is 8.47. The molecule has 2 aromatic carbocycles. The summed E-state index contributed by atoms with van der Waals surface area (Å²) < 4.78 is 15.6. The van der Waals surface area contributed by atoms with E-state index in [1.165, 1.54) is 25.3 Å². The minimum atomic E-state index is -0.923. The maximum atomic E-state index is 12.2. The Morgan fingerprint density at radius 1 is 1.18 bits per heavy atom. The minimum absolute atomic E-state index is 0.0339. The zero-order valence-corrected chi connectivity index (χ0v) is 15.6. The van der Waals surface area contributed by atoms with Crippen molar-refractivity contribution in [2.45, 2.75) is 26.0 Å². The highest BCUT2D eigenvalue weighted by molar-refractivity contribution is 5.88. The molecule has 0 spiro atoms. The summed E-state index contributed by atoms with van der Waals surface area (Å²) in [6.45, 7) is 1.84. The van der Waals surface area contributed by atoms with Crippen LogP contribution in [-0.2, 0) is 27.3 Å². The Hall–Kier alpha value is -3.48. The summed E-state index contributed by atoms with van der Waals surface area (Å²) in [6, 6.07) is 12.0. The van der Waals surface area contributed by atoms with Crippen LogP contribution in [0.2, 0.25) is 0 Å². The monoisotopic (exact) mass is 383 g/mol. The maximum Gasteiger partial charge on any atom is 0.311 e. The predicted molar refractivity (Wildman–Crippen MR) is 102 cm³/mol. The van der Waals surface area contributed by atoms with Crippen LogP contribution in [0.5, 0.6) is 11.5 Å². The second-order valence-electron chi connectivity index (χ2n) is 6.32. The number of carbonyl (C=O) groups is 2. The van der Waals surface area contributed by atoms with Crippen molar-refractivity contribution in [3.8, 4) is 11.5 Å². The van der Waals surface area contributed by atoms with Gasteiger partial charge in [-0.25, -0.2) is 0 Å². The quantitative estimate of drug-likeness (QED) is 0.609. The Bertz CT molecular complexity index is 976. The minimum Gasteiger partial charge on any atom is -0.508 e. The number of furan rings is 1. The van der Waals surface area contributed by atoms with E-state index in [2.05, 4.69) is 5.32 Å². The van der Waals surface area contributed by atoms with Gasteiger partial charge in [0.2, 0.25) is 0 Å². The van der Waals surface area contributed by atoms with E-state index in [-0.39, 0.29) is 18.1 Å². The normalized spacial score (nSPS) is 11.8. The van der Waals surface area contributed by atoms with Crippen LogP contribution < -0.4 is 10.1 Å². The van der Waals surface area contributed by atoms with Crippen molar-refractivity contribution in [3.05, 3.63) is 59.9 Å².